The minimum atomic E-state index is -0.461. The topological polar surface area (TPSA) is 53.1 Å². The Kier molecular flexibility index (Phi) is 2.12. The number of hydrogen-bond acceptors (Lipinski definition) is 2. The van der Waals surface area contributed by atoms with E-state index in [2.05, 4.69) is 4.98 Å². The number of aromatic nitrogens is 1. The molecule has 0 spiro atoms. The maximum atomic E-state index is 11.0. The normalized spacial score (nSPS) is 13.4. The number of aliphatic hydroxyl groups excluding tert-OH is 1. The summed E-state index contributed by atoms with van der Waals surface area (Å²) in [6.45, 7) is 1.72. The van der Waals surface area contributed by atoms with E-state index in [1.54, 1.807) is 6.92 Å². The van der Waals surface area contributed by atoms with Crippen molar-refractivity contribution in [3.63, 3.8) is 0 Å². The molecule has 1 heterocycles. The second kappa shape index (κ2) is 3.14. The number of nitrogens with one attached hydrogen (secondary N) is 1. The predicted octanol–water partition coefficient (Wildman–Crippen LogP) is 0.638. The fourth-order valence-corrected chi connectivity index (χ4v) is 2.87. The van der Waals surface area contributed by atoms with Crippen LogP contribution in [0.5, 0.6) is 0 Å². The zero-order valence-electron chi connectivity index (χ0n) is 7.07. The van der Waals surface area contributed by atoms with E-state index < -0.39 is 6.10 Å². The summed E-state index contributed by atoms with van der Waals surface area (Å²) in [5.74, 6) is 0. The molecule has 1 aromatic heterocycles. The molecule has 2 rings (SSSR count). The van der Waals surface area contributed by atoms with Gasteiger partial charge in [0.25, 0.3) is 0 Å². The molecule has 0 fully saturated rings. The molecular weight excluding hydrogens is 233 g/mol. The maximum absolute atomic E-state index is 11.0. The fourth-order valence-electron chi connectivity index (χ4n) is 1.22. The van der Waals surface area contributed by atoms with Gasteiger partial charge in [0.2, 0.25) is 0 Å². The molecule has 3 nitrogen and oxygen atoms in total. The van der Waals surface area contributed by atoms with Crippen molar-refractivity contribution >= 4 is 24.3 Å². The fraction of sp³-hybridized carbons (Fsp3) is 0.222. The van der Waals surface area contributed by atoms with Gasteiger partial charge in [0.15, 0.2) is 0 Å². The molecule has 4 heteroatoms. The molecule has 0 bridgehead atoms. The number of aliphatic hydroxyl groups is 1. The molecule has 0 aliphatic rings. The van der Waals surface area contributed by atoms with Gasteiger partial charge in [-0.3, -0.25) is 0 Å². The first-order chi connectivity index (χ1) is 6.16. The second-order valence-corrected chi connectivity index (χ2v) is 5.08. The molecule has 2 N–H and O–H groups in total. The summed E-state index contributed by atoms with van der Waals surface area (Å²) < 4.78 is 1.13. The number of benzene rings is 1. The van der Waals surface area contributed by atoms with Crippen LogP contribution in [0.3, 0.4) is 0 Å². The molecule has 1 aromatic carbocycles. The Labute approximate surface area is 80.8 Å². The predicted molar refractivity (Wildman–Crippen MR) is 52.1 cm³/mol. The summed E-state index contributed by atoms with van der Waals surface area (Å²) in [5, 5.41) is 9.32. The molecule has 1 atom stereocenters. The number of fused-ring (bicyclic) bond motifs is 1. The van der Waals surface area contributed by atoms with E-state index in [0.717, 1.165) is 15.3 Å². The number of hydrogen-bond donors (Lipinski definition) is 2. The number of rotatable bonds is 1. The Morgan fingerprint density at radius 1 is 1.54 bits per heavy atom. The van der Waals surface area contributed by atoms with Crippen LogP contribution in [0.1, 0.15) is 18.6 Å². The third-order valence-electron chi connectivity index (χ3n) is 1.93. The van der Waals surface area contributed by atoms with Crippen molar-refractivity contribution in [2.45, 2.75) is 13.0 Å². The van der Waals surface area contributed by atoms with Crippen molar-refractivity contribution in [1.29, 1.82) is 0 Å². The molecule has 68 valence electrons. The molecular formula is C9H9NO2Se. The van der Waals surface area contributed by atoms with Crippen LogP contribution in [0.25, 0.3) is 9.78 Å². The third-order valence-corrected chi connectivity index (χ3v) is 3.70. The van der Waals surface area contributed by atoms with E-state index in [9.17, 15) is 9.90 Å². The minimum absolute atomic E-state index is 0.0882. The Bertz CT molecular complexity index is 484. The first kappa shape index (κ1) is 8.75. The van der Waals surface area contributed by atoms with E-state index in [1.165, 1.54) is 0 Å². The van der Waals surface area contributed by atoms with Crippen LogP contribution in [0, 0.1) is 0 Å². The zero-order valence-corrected chi connectivity index (χ0v) is 8.79. The van der Waals surface area contributed by atoms with Gasteiger partial charge >= 0.3 is 80.4 Å². The van der Waals surface area contributed by atoms with Crippen LogP contribution in [0.2, 0.25) is 0 Å². The van der Waals surface area contributed by atoms with Crippen LogP contribution >= 0.6 is 0 Å². The molecule has 0 aliphatic carbocycles. The molecule has 0 aliphatic heterocycles. The van der Waals surface area contributed by atoms with Gasteiger partial charge in [-0.2, -0.15) is 0 Å². The van der Waals surface area contributed by atoms with Crippen LogP contribution in [-0.4, -0.2) is 24.6 Å². The van der Waals surface area contributed by atoms with Gasteiger partial charge < -0.3 is 0 Å². The Balaban J connectivity index is 2.68. The zero-order chi connectivity index (χ0) is 9.42. The van der Waals surface area contributed by atoms with Crippen LogP contribution in [-0.2, 0) is 0 Å². The SMILES string of the molecule is CC(O)c1ccc2[nH]c(=O)[se]c2c1. The summed E-state index contributed by atoms with van der Waals surface area (Å²) >= 11 is -0.125. The third kappa shape index (κ3) is 1.61. The Hall–Kier alpha value is -0.831. The summed E-state index contributed by atoms with van der Waals surface area (Å²) in [6, 6.07) is 5.59. The van der Waals surface area contributed by atoms with Gasteiger partial charge in [0.1, 0.15) is 0 Å². The van der Waals surface area contributed by atoms with Gasteiger partial charge in [-0.1, -0.05) is 0 Å². The van der Waals surface area contributed by atoms with Crippen molar-refractivity contribution in [3.05, 3.63) is 33.0 Å². The van der Waals surface area contributed by atoms with Crippen LogP contribution in [0.15, 0.2) is 23.0 Å². The summed E-state index contributed by atoms with van der Waals surface area (Å²) in [5.41, 5.74) is 1.77. The van der Waals surface area contributed by atoms with Gasteiger partial charge in [0, 0.05) is 0 Å². The van der Waals surface area contributed by atoms with Crippen molar-refractivity contribution in [2.75, 3.05) is 0 Å². The Morgan fingerprint density at radius 2 is 2.31 bits per heavy atom. The monoisotopic (exact) mass is 243 g/mol. The van der Waals surface area contributed by atoms with E-state index >= 15 is 0 Å². The van der Waals surface area contributed by atoms with Crippen molar-refractivity contribution < 1.29 is 5.11 Å². The van der Waals surface area contributed by atoms with E-state index in [-0.39, 0.29) is 18.9 Å². The molecule has 0 saturated carbocycles. The van der Waals surface area contributed by atoms with Crippen molar-refractivity contribution in [3.8, 4) is 0 Å². The average molecular weight is 242 g/mol. The van der Waals surface area contributed by atoms with E-state index in [1.807, 2.05) is 18.2 Å². The van der Waals surface area contributed by atoms with Crippen LogP contribution < -0.4 is 4.43 Å². The summed E-state index contributed by atoms with van der Waals surface area (Å²) in [6.07, 6.45) is -0.461. The van der Waals surface area contributed by atoms with Crippen molar-refractivity contribution in [1.82, 2.24) is 4.98 Å². The van der Waals surface area contributed by atoms with Crippen molar-refractivity contribution in [2.24, 2.45) is 0 Å². The van der Waals surface area contributed by atoms with Gasteiger partial charge in [-0.25, -0.2) is 0 Å². The average Bonchev–Trinajstić information content (AvgIpc) is 2.42. The molecule has 1 unspecified atom stereocenters. The van der Waals surface area contributed by atoms with E-state index in [0.29, 0.717) is 0 Å². The van der Waals surface area contributed by atoms with Gasteiger partial charge in [-0.15, -0.1) is 0 Å². The first-order valence-corrected chi connectivity index (χ1v) is 5.69. The van der Waals surface area contributed by atoms with Gasteiger partial charge in [0.05, 0.1) is 0 Å². The molecule has 0 radical (unpaired) electrons. The molecule has 13 heavy (non-hydrogen) atoms. The van der Waals surface area contributed by atoms with Crippen LogP contribution in [0.4, 0.5) is 0 Å². The second-order valence-electron chi connectivity index (χ2n) is 2.95. The quantitative estimate of drug-likeness (QED) is 0.721. The van der Waals surface area contributed by atoms with E-state index in [4.69, 9.17) is 0 Å². The number of aromatic amines is 1. The van der Waals surface area contributed by atoms with Gasteiger partial charge in [-0.05, 0) is 0 Å². The Morgan fingerprint density at radius 3 is 3.00 bits per heavy atom. The number of H-pyrrole nitrogens is 1. The summed E-state index contributed by atoms with van der Waals surface area (Å²) in [7, 11) is 0. The molecule has 2 aromatic rings. The summed E-state index contributed by atoms with van der Waals surface area (Å²) in [4.78, 5) is 13.8. The first-order valence-electron chi connectivity index (χ1n) is 3.97. The standard InChI is InChI=1S/C9H9NO2Se/c1-5(11)6-2-3-7-8(4-6)13-9(12)10-7/h2-5,11H,1H3,(H,10,12). The molecule has 0 saturated heterocycles. The molecule has 0 amide bonds.